The minimum atomic E-state index is -0.375. The Labute approximate surface area is 138 Å². The Morgan fingerprint density at radius 2 is 1.71 bits per heavy atom. The lowest BCUT2D eigenvalue weighted by Crippen LogP contribution is -2.31. The molecule has 1 aliphatic heterocycles. The molecule has 0 bridgehead atoms. The molecule has 5 heteroatoms. The van der Waals surface area contributed by atoms with Crippen LogP contribution in [0.5, 0.6) is 0 Å². The second kappa shape index (κ2) is 5.88. The van der Waals surface area contributed by atoms with Crippen LogP contribution in [-0.2, 0) is 6.42 Å². The number of nitrogens with one attached hydrogen (secondary N) is 1. The number of carbonyl (C=O) groups is 1. The Bertz CT molecular complexity index is 715. The summed E-state index contributed by atoms with van der Waals surface area (Å²) in [6, 6.07) is 11.1. The van der Waals surface area contributed by atoms with Crippen LogP contribution in [0.1, 0.15) is 32.4 Å². The third kappa shape index (κ3) is 2.89. The Morgan fingerprint density at radius 1 is 1.00 bits per heavy atom. The molecule has 108 valence electrons. The van der Waals surface area contributed by atoms with Gasteiger partial charge in [0.05, 0.1) is 15.4 Å². The molecule has 2 aromatic carbocycles. The van der Waals surface area contributed by atoms with Crippen molar-refractivity contribution in [3.05, 3.63) is 68.7 Å². The van der Waals surface area contributed by atoms with Gasteiger partial charge in [0.25, 0.3) is 5.91 Å². The molecule has 0 aromatic heterocycles. The Kier molecular flexibility index (Phi) is 4.12. The normalized spacial score (nSPS) is 15.3. The number of benzene rings is 2. The predicted octanol–water partition coefficient (Wildman–Crippen LogP) is 4.61. The first kappa shape index (κ1) is 14.7. The van der Waals surface area contributed by atoms with Crippen LogP contribution in [0, 0.1) is 0 Å². The molecule has 1 amide bonds. The first-order valence-corrected chi connectivity index (χ1v) is 7.75. The molecule has 2 aromatic rings. The van der Waals surface area contributed by atoms with Crippen LogP contribution >= 0.6 is 34.8 Å². The maximum Gasteiger partial charge on any atom is 0.251 e. The molecule has 3 rings (SSSR count). The second-order valence-corrected chi connectivity index (χ2v) is 6.21. The Morgan fingerprint density at radius 3 is 2.48 bits per heavy atom. The molecule has 1 aliphatic rings. The lowest BCUT2D eigenvalue weighted by atomic mass is 9.95. The Hall–Kier alpha value is -1.22. The van der Waals surface area contributed by atoms with E-state index in [9.17, 15) is 4.79 Å². The van der Waals surface area contributed by atoms with E-state index in [1.165, 1.54) is 0 Å². The van der Waals surface area contributed by atoms with Gasteiger partial charge in [-0.15, -0.1) is 11.6 Å². The molecule has 2 nitrogen and oxygen atoms in total. The van der Waals surface area contributed by atoms with Gasteiger partial charge in [0, 0.05) is 12.1 Å². The largest absolute Gasteiger partial charge is 0.352 e. The number of rotatable bonds is 2. The fourth-order valence-corrected chi connectivity index (χ4v) is 3.03. The third-order valence-corrected chi connectivity index (χ3v) is 4.83. The summed E-state index contributed by atoms with van der Waals surface area (Å²) >= 11 is 18.5. The van der Waals surface area contributed by atoms with E-state index in [0.717, 1.165) is 23.1 Å². The molecule has 0 spiro atoms. The van der Waals surface area contributed by atoms with E-state index in [1.54, 1.807) is 12.1 Å². The molecule has 1 unspecified atom stereocenters. The monoisotopic (exact) mass is 339 g/mol. The molecule has 0 fully saturated rings. The molecular formula is C16H12Cl3NO. The lowest BCUT2D eigenvalue weighted by molar-refractivity contribution is 0.0946. The lowest BCUT2D eigenvalue weighted by Gasteiger charge is -2.19. The van der Waals surface area contributed by atoms with Crippen LogP contribution in [0.3, 0.4) is 0 Å². The predicted molar refractivity (Wildman–Crippen MR) is 86.6 cm³/mol. The van der Waals surface area contributed by atoms with Crippen molar-refractivity contribution in [1.29, 1.82) is 0 Å². The first-order chi connectivity index (χ1) is 10.1. The van der Waals surface area contributed by atoms with Crippen molar-refractivity contribution in [1.82, 2.24) is 5.32 Å². The molecule has 21 heavy (non-hydrogen) atoms. The van der Waals surface area contributed by atoms with Crippen LogP contribution in [0.15, 0.2) is 36.4 Å². The van der Waals surface area contributed by atoms with E-state index < -0.39 is 0 Å². The van der Waals surface area contributed by atoms with Crippen LogP contribution < -0.4 is 5.32 Å². The summed E-state index contributed by atoms with van der Waals surface area (Å²) in [7, 11) is 0. The molecule has 0 saturated carbocycles. The molecule has 0 aliphatic carbocycles. The van der Waals surface area contributed by atoms with Crippen molar-refractivity contribution in [2.24, 2.45) is 0 Å². The maximum atomic E-state index is 11.9. The van der Waals surface area contributed by atoms with Crippen molar-refractivity contribution < 1.29 is 4.79 Å². The second-order valence-electron chi connectivity index (χ2n) is 4.96. The van der Waals surface area contributed by atoms with Crippen molar-refractivity contribution in [2.45, 2.75) is 11.8 Å². The van der Waals surface area contributed by atoms with Gasteiger partial charge in [-0.2, -0.15) is 0 Å². The SMILES string of the molecule is O=C1NCCc2ccc(C(Cl)c3ccc(Cl)c(Cl)c3)cc21. The number of halogens is 3. The van der Waals surface area contributed by atoms with Crippen molar-refractivity contribution in [3.63, 3.8) is 0 Å². The third-order valence-electron chi connectivity index (χ3n) is 3.59. The van der Waals surface area contributed by atoms with E-state index in [4.69, 9.17) is 34.8 Å². The summed E-state index contributed by atoms with van der Waals surface area (Å²) in [5, 5.41) is 3.43. The van der Waals surface area contributed by atoms with Gasteiger partial charge in [-0.1, -0.05) is 41.4 Å². The van der Waals surface area contributed by atoms with Gasteiger partial charge in [-0.3, -0.25) is 4.79 Å². The van der Waals surface area contributed by atoms with E-state index >= 15 is 0 Å². The van der Waals surface area contributed by atoms with E-state index in [1.807, 2.05) is 24.3 Å². The molecule has 1 atom stereocenters. The molecule has 0 radical (unpaired) electrons. The topological polar surface area (TPSA) is 29.1 Å². The van der Waals surface area contributed by atoms with Crippen LogP contribution in [0.4, 0.5) is 0 Å². The van der Waals surface area contributed by atoms with E-state index in [0.29, 0.717) is 22.2 Å². The molecule has 1 N–H and O–H groups in total. The summed E-state index contributed by atoms with van der Waals surface area (Å²) in [6.45, 7) is 0.683. The zero-order valence-corrected chi connectivity index (χ0v) is 13.3. The van der Waals surface area contributed by atoms with Gasteiger partial charge in [-0.05, 0) is 41.3 Å². The van der Waals surface area contributed by atoms with Crippen LogP contribution in [-0.4, -0.2) is 12.5 Å². The highest BCUT2D eigenvalue weighted by Crippen LogP contribution is 2.34. The molecule has 1 heterocycles. The number of fused-ring (bicyclic) bond motifs is 1. The van der Waals surface area contributed by atoms with Gasteiger partial charge in [0.1, 0.15) is 0 Å². The minimum absolute atomic E-state index is 0.0453. The highest BCUT2D eigenvalue weighted by Gasteiger charge is 2.19. The summed E-state index contributed by atoms with van der Waals surface area (Å²) in [4.78, 5) is 11.9. The fourth-order valence-electron chi connectivity index (χ4n) is 2.45. The molecular weight excluding hydrogens is 329 g/mol. The van der Waals surface area contributed by atoms with E-state index in [2.05, 4.69) is 5.32 Å². The highest BCUT2D eigenvalue weighted by molar-refractivity contribution is 6.42. The smallest absolute Gasteiger partial charge is 0.251 e. The van der Waals surface area contributed by atoms with Gasteiger partial charge in [-0.25, -0.2) is 0 Å². The zero-order valence-electron chi connectivity index (χ0n) is 11.0. The first-order valence-electron chi connectivity index (χ1n) is 6.56. The standard InChI is InChI=1S/C16H12Cl3NO/c17-13-4-3-11(8-14(13)18)15(19)10-2-1-9-5-6-20-16(21)12(9)7-10/h1-4,7-8,15H,5-6H2,(H,20,21). The highest BCUT2D eigenvalue weighted by atomic mass is 35.5. The Balaban J connectivity index is 1.98. The zero-order chi connectivity index (χ0) is 15.0. The maximum absolute atomic E-state index is 11.9. The molecule has 0 saturated heterocycles. The van der Waals surface area contributed by atoms with Crippen LogP contribution in [0.2, 0.25) is 10.0 Å². The fraction of sp³-hybridized carbons (Fsp3) is 0.188. The van der Waals surface area contributed by atoms with Gasteiger partial charge in [0.2, 0.25) is 0 Å². The van der Waals surface area contributed by atoms with Crippen molar-refractivity contribution in [3.8, 4) is 0 Å². The van der Waals surface area contributed by atoms with Crippen molar-refractivity contribution in [2.75, 3.05) is 6.54 Å². The summed E-state index contributed by atoms with van der Waals surface area (Å²) in [6.07, 6.45) is 0.848. The van der Waals surface area contributed by atoms with Gasteiger partial charge < -0.3 is 5.32 Å². The minimum Gasteiger partial charge on any atom is -0.352 e. The van der Waals surface area contributed by atoms with E-state index in [-0.39, 0.29) is 11.3 Å². The quantitative estimate of drug-likeness (QED) is 0.795. The van der Waals surface area contributed by atoms with Gasteiger partial charge >= 0.3 is 0 Å². The summed E-state index contributed by atoms with van der Waals surface area (Å²) < 4.78 is 0. The number of hydrogen-bond donors (Lipinski definition) is 1. The summed E-state index contributed by atoms with van der Waals surface area (Å²) in [5.74, 6) is -0.0453. The van der Waals surface area contributed by atoms with Gasteiger partial charge in [0.15, 0.2) is 0 Å². The number of carbonyl (C=O) groups excluding carboxylic acids is 1. The number of amides is 1. The average molecular weight is 341 g/mol. The number of hydrogen-bond acceptors (Lipinski definition) is 1. The van der Waals surface area contributed by atoms with Crippen molar-refractivity contribution >= 4 is 40.7 Å². The number of alkyl halides is 1. The van der Waals surface area contributed by atoms with Crippen LogP contribution in [0.25, 0.3) is 0 Å². The summed E-state index contributed by atoms with van der Waals surface area (Å²) in [5.41, 5.74) is 3.47. The average Bonchev–Trinajstić information content (AvgIpc) is 2.49.